The molecule has 1 saturated heterocycles. The standard InChI is InChI=1S/C14H21N5/c1-10-8-14(18-6-5-12(9-18)17(3)4)19-13(15-10)7-11(2)16-19/h7-8,12H,5-6,9H2,1-4H3. The van der Waals surface area contributed by atoms with Gasteiger partial charge in [-0.2, -0.15) is 9.61 Å². The van der Waals surface area contributed by atoms with Crippen LogP contribution < -0.4 is 4.90 Å². The van der Waals surface area contributed by atoms with Crippen molar-refractivity contribution in [3.05, 3.63) is 23.5 Å². The summed E-state index contributed by atoms with van der Waals surface area (Å²) in [5.41, 5.74) is 3.01. The van der Waals surface area contributed by atoms with Crippen LogP contribution >= 0.6 is 0 Å². The van der Waals surface area contributed by atoms with Gasteiger partial charge in [0, 0.05) is 37.0 Å². The number of nitrogens with zero attached hydrogens (tertiary/aromatic N) is 5. The first-order chi connectivity index (χ1) is 9.04. The molecule has 3 heterocycles. The van der Waals surface area contributed by atoms with E-state index in [1.54, 1.807) is 0 Å². The highest BCUT2D eigenvalue weighted by molar-refractivity contribution is 5.52. The molecule has 0 saturated carbocycles. The highest BCUT2D eigenvalue weighted by Crippen LogP contribution is 2.23. The lowest BCUT2D eigenvalue weighted by Crippen LogP contribution is -2.32. The lowest BCUT2D eigenvalue weighted by atomic mass is 10.2. The van der Waals surface area contributed by atoms with Crippen LogP contribution in [0.5, 0.6) is 0 Å². The van der Waals surface area contributed by atoms with E-state index in [0.29, 0.717) is 6.04 Å². The number of fused-ring (bicyclic) bond motifs is 1. The van der Waals surface area contributed by atoms with E-state index < -0.39 is 0 Å². The number of rotatable bonds is 2. The molecule has 3 rings (SSSR count). The van der Waals surface area contributed by atoms with Gasteiger partial charge in [-0.15, -0.1) is 0 Å². The Hall–Kier alpha value is -1.62. The summed E-state index contributed by atoms with van der Waals surface area (Å²) in [6, 6.07) is 4.80. The average molecular weight is 259 g/mol. The predicted molar refractivity (Wildman–Crippen MR) is 76.8 cm³/mol. The van der Waals surface area contributed by atoms with Crippen LogP contribution in [0.15, 0.2) is 12.1 Å². The van der Waals surface area contributed by atoms with Crippen molar-refractivity contribution in [1.82, 2.24) is 19.5 Å². The molecule has 1 fully saturated rings. The summed E-state index contributed by atoms with van der Waals surface area (Å²) in [5, 5.41) is 4.57. The van der Waals surface area contributed by atoms with E-state index in [1.807, 2.05) is 24.4 Å². The third kappa shape index (κ3) is 2.18. The van der Waals surface area contributed by atoms with E-state index in [2.05, 4.69) is 40.0 Å². The molecule has 5 heteroatoms. The first kappa shape index (κ1) is 12.4. The predicted octanol–water partition coefficient (Wildman–Crippen LogP) is 1.49. The smallest absolute Gasteiger partial charge is 0.157 e. The van der Waals surface area contributed by atoms with Crippen molar-refractivity contribution < 1.29 is 0 Å². The molecular weight excluding hydrogens is 238 g/mol. The van der Waals surface area contributed by atoms with E-state index in [4.69, 9.17) is 0 Å². The maximum Gasteiger partial charge on any atom is 0.157 e. The van der Waals surface area contributed by atoms with Crippen LogP contribution in [-0.4, -0.2) is 52.7 Å². The SMILES string of the molecule is Cc1cc(N2CCC(N(C)C)C2)n2nc(C)cc2n1. The molecule has 2 aromatic heterocycles. The number of aromatic nitrogens is 3. The summed E-state index contributed by atoms with van der Waals surface area (Å²) in [4.78, 5) is 9.27. The molecule has 1 aliphatic rings. The molecule has 1 aliphatic heterocycles. The Kier molecular flexibility index (Phi) is 2.93. The highest BCUT2D eigenvalue weighted by Gasteiger charge is 2.26. The average Bonchev–Trinajstić information content (AvgIpc) is 2.93. The Labute approximate surface area is 113 Å². The second kappa shape index (κ2) is 4.49. The van der Waals surface area contributed by atoms with E-state index in [-0.39, 0.29) is 0 Å². The molecule has 0 spiro atoms. The minimum absolute atomic E-state index is 0.625. The van der Waals surface area contributed by atoms with Crippen molar-refractivity contribution in [2.45, 2.75) is 26.3 Å². The van der Waals surface area contributed by atoms with Crippen LogP contribution in [0.1, 0.15) is 17.8 Å². The van der Waals surface area contributed by atoms with Crippen molar-refractivity contribution >= 4 is 11.5 Å². The molecular formula is C14H21N5. The second-order valence-electron chi connectivity index (χ2n) is 5.66. The molecule has 5 nitrogen and oxygen atoms in total. The van der Waals surface area contributed by atoms with Gasteiger partial charge in [0.05, 0.1) is 5.69 Å². The summed E-state index contributed by atoms with van der Waals surface area (Å²) in [6.07, 6.45) is 1.20. The summed E-state index contributed by atoms with van der Waals surface area (Å²) >= 11 is 0. The van der Waals surface area contributed by atoms with Crippen molar-refractivity contribution in [2.24, 2.45) is 0 Å². The number of anilines is 1. The summed E-state index contributed by atoms with van der Waals surface area (Å²) in [6.45, 7) is 6.20. The minimum atomic E-state index is 0.625. The molecule has 2 aromatic rings. The van der Waals surface area contributed by atoms with E-state index >= 15 is 0 Å². The number of aryl methyl sites for hydroxylation is 2. The van der Waals surface area contributed by atoms with Gasteiger partial charge in [-0.1, -0.05) is 0 Å². The Balaban J connectivity index is 2.01. The van der Waals surface area contributed by atoms with Crippen molar-refractivity contribution in [3.63, 3.8) is 0 Å². The van der Waals surface area contributed by atoms with Crippen molar-refractivity contribution in [1.29, 1.82) is 0 Å². The molecule has 102 valence electrons. The van der Waals surface area contributed by atoms with Gasteiger partial charge in [-0.3, -0.25) is 0 Å². The van der Waals surface area contributed by atoms with Crippen molar-refractivity contribution in [3.8, 4) is 0 Å². The quantitative estimate of drug-likeness (QED) is 0.818. The van der Waals surface area contributed by atoms with Gasteiger partial charge in [0.15, 0.2) is 5.65 Å². The zero-order chi connectivity index (χ0) is 13.6. The van der Waals surface area contributed by atoms with Crippen molar-refractivity contribution in [2.75, 3.05) is 32.1 Å². The maximum atomic E-state index is 4.57. The molecule has 0 aromatic carbocycles. The molecule has 0 amide bonds. The second-order valence-corrected chi connectivity index (χ2v) is 5.66. The number of hydrogen-bond acceptors (Lipinski definition) is 4. The maximum absolute atomic E-state index is 4.57. The van der Waals surface area contributed by atoms with E-state index in [9.17, 15) is 0 Å². The molecule has 1 unspecified atom stereocenters. The summed E-state index contributed by atoms with van der Waals surface area (Å²) < 4.78 is 1.97. The van der Waals surface area contributed by atoms with Crippen LogP contribution in [0.2, 0.25) is 0 Å². The Morgan fingerprint density at radius 3 is 2.68 bits per heavy atom. The van der Waals surface area contributed by atoms with Gasteiger partial charge < -0.3 is 9.80 Å². The van der Waals surface area contributed by atoms with Gasteiger partial charge >= 0.3 is 0 Å². The van der Waals surface area contributed by atoms with E-state index in [0.717, 1.165) is 30.1 Å². The van der Waals surface area contributed by atoms with Crippen LogP contribution in [0.25, 0.3) is 5.65 Å². The molecule has 19 heavy (non-hydrogen) atoms. The minimum Gasteiger partial charge on any atom is -0.355 e. The topological polar surface area (TPSA) is 36.7 Å². The zero-order valence-electron chi connectivity index (χ0n) is 12.1. The van der Waals surface area contributed by atoms with Gasteiger partial charge in [0.25, 0.3) is 0 Å². The number of hydrogen-bond donors (Lipinski definition) is 0. The fourth-order valence-electron chi connectivity index (χ4n) is 2.79. The lowest BCUT2D eigenvalue weighted by Gasteiger charge is -2.22. The van der Waals surface area contributed by atoms with Crippen LogP contribution in [0.4, 0.5) is 5.82 Å². The molecule has 0 radical (unpaired) electrons. The Morgan fingerprint density at radius 1 is 1.21 bits per heavy atom. The highest BCUT2D eigenvalue weighted by atomic mass is 15.4. The van der Waals surface area contributed by atoms with Crippen LogP contribution in [-0.2, 0) is 0 Å². The number of likely N-dealkylation sites (N-methyl/N-ethyl adjacent to an activating group) is 1. The van der Waals surface area contributed by atoms with E-state index in [1.165, 1.54) is 12.2 Å². The zero-order valence-corrected chi connectivity index (χ0v) is 12.1. The third-order valence-electron chi connectivity index (χ3n) is 3.88. The fourth-order valence-corrected chi connectivity index (χ4v) is 2.79. The first-order valence-electron chi connectivity index (χ1n) is 6.80. The normalized spacial score (nSPS) is 19.8. The van der Waals surface area contributed by atoms with Gasteiger partial charge in [-0.05, 0) is 34.4 Å². The largest absolute Gasteiger partial charge is 0.355 e. The van der Waals surface area contributed by atoms with Gasteiger partial charge in [0.1, 0.15) is 5.82 Å². The Bertz CT molecular complexity index is 601. The van der Waals surface area contributed by atoms with Gasteiger partial charge in [-0.25, -0.2) is 4.98 Å². The molecule has 0 bridgehead atoms. The molecule has 0 aliphatic carbocycles. The first-order valence-corrected chi connectivity index (χ1v) is 6.80. The summed E-state index contributed by atoms with van der Waals surface area (Å²) in [7, 11) is 4.30. The molecule has 1 atom stereocenters. The fraction of sp³-hybridized carbons (Fsp3) is 0.571. The summed E-state index contributed by atoms with van der Waals surface area (Å²) in [5.74, 6) is 1.17. The van der Waals surface area contributed by atoms with Crippen LogP contribution in [0.3, 0.4) is 0 Å². The van der Waals surface area contributed by atoms with Gasteiger partial charge in [0.2, 0.25) is 0 Å². The monoisotopic (exact) mass is 259 g/mol. The van der Waals surface area contributed by atoms with Crippen LogP contribution in [0, 0.1) is 13.8 Å². The molecule has 0 N–H and O–H groups in total. The third-order valence-corrected chi connectivity index (χ3v) is 3.88. The Morgan fingerprint density at radius 2 is 2.00 bits per heavy atom. The lowest BCUT2D eigenvalue weighted by molar-refractivity contribution is 0.315.